The van der Waals surface area contributed by atoms with Crippen molar-refractivity contribution in [2.24, 2.45) is 0 Å². The summed E-state index contributed by atoms with van der Waals surface area (Å²) < 4.78 is 0. The van der Waals surface area contributed by atoms with Crippen LogP contribution in [-0.2, 0) is 0 Å². The zero-order valence-corrected chi connectivity index (χ0v) is 10.6. The lowest BCUT2D eigenvalue weighted by atomic mass is 10.2. The lowest BCUT2D eigenvalue weighted by Crippen LogP contribution is -2.36. The van der Waals surface area contributed by atoms with Crippen LogP contribution in [0.5, 0.6) is 0 Å². The third kappa shape index (κ3) is 2.91. The van der Waals surface area contributed by atoms with Crippen molar-refractivity contribution >= 4 is 23.5 Å². The number of anilines is 1. The minimum atomic E-state index is -0.148. The molecule has 0 aliphatic rings. The molecule has 0 fully saturated rings. The first-order chi connectivity index (χ1) is 7.60. The SMILES string of the molecule is CCC(CSC)NC(=O)c1c(N)n[nH]c1C. The summed E-state index contributed by atoms with van der Waals surface area (Å²) in [5.74, 6) is 1.01. The summed E-state index contributed by atoms with van der Waals surface area (Å²) in [5.41, 5.74) is 6.79. The van der Waals surface area contributed by atoms with Crippen LogP contribution < -0.4 is 11.1 Å². The fourth-order valence-corrected chi connectivity index (χ4v) is 2.18. The van der Waals surface area contributed by atoms with Crippen molar-refractivity contribution in [2.45, 2.75) is 26.3 Å². The molecule has 1 atom stereocenters. The number of thioether (sulfide) groups is 1. The topological polar surface area (TPSA) is 83.8 Å². The van der Waals surface area contributed by atoms with Crippen LogP contribution in [0.1, 0.15) is 29.4 Å². The van der Waals surface area contributed by atoms with Crippen LogP contribution in [0.15, 0.2) is 0 Å². The molecule has 5 nitrogen and oxygen atoms in total. The molecule has 90 valence electrons. The molecule has 0 saturated carbocycles. The number of carbonyl (C=O) groups is 1. The number of H-pyrrole nitrogens is 1. The van der Waals surface area contributed by atoms with Crippen LogP contribution in [0.3, 0.4) is 0 Å². The molecule has 16 heavy (non-hydrogen) atoms. The molecule has 0 aliphatic carbocycles. The first kappa shape index (κ1) is 12.9. The van der Waals surface area contributed by atoms with Gasteiger partial charge in [0, 0.05) is 17.5 Å². The Morgan fingerprint density at radius 2 is 2.38 bits per heavy atom. The van der Waals surface area contributed by atoms with E-state index >= 15 is 0 Å². The third-order valence-corrected chi connectivity index (χ3v) is 3.13. The smallest absolute Gasteiger partial charge is 0.257 e. The Morgan fingerprint density at radius 1 is 1.69 bits per heavy atom. The average molecular weight is 242 g/mol. The van der Waals surface area contributed by atoms with E-state index in [2.05, 4.69) is 15.5 Å². The van der Waals surface area contributed by atoms with Gasteiger partial charge in [-0.3, -0.25) is 9.89 Å². The maximum atomic E-state index is 11.9. The highest BCUT2D eigenvalue weighted by Crippen LogP contribution is 2.12. The van der Waals surface area contributed by atoms with Crippen molar-refractivity contribution in [3.05, 3.63) is 11.3 Å². The molecule has 0 aromatic carbocycles. The molecule has 0 aliphatic heterocycles. The highest BCUT2D eigenvalue weighted by molar-refractivity contribution is 7.98. The molecule has 1 rings (SSSR count). The van der Waals surface area contributed by atoms with E-state index in [4.69, 9.17) is 5.73 Å². The monoisotopic (exact) mass is 242 g/mol. The molecular weight excluding hydrogens is 224 g/mol. The van der Waals surface area contributed by atoms with E-state index in [1.54, 1.807) is 18.7 Å². The lowest BCUT2D eigenvalue weighted by molar-refractivity contribution is 0.0940. The Labute approximate surface area is 99.6 Å². The van der Waals surface area contributed by atoms with Gasteiger partial charge in [0.25, 0.3) is 5.91 Å². The minimum Gasteiger partial charge on any atom is -0.382 e. The number of nitrogens with two attached hydrogens (primary N) is 1. The summed E-state index contributed by atoms with van der Waals surface area (Å²) in [6, 6.07) is 0.177. The number of aromatic amines is 1. The van der Waals surface area contributed by atoms with Crippen molar-refractivity contribution in [3.63, 3.8) is 0 Å². The highest BCUT2D eigenvalue weighted by atomic mass is 32.2. The van der Waals surface area contributed by atoms with Gasteiger partial charge in [-0.15, -0.1) is 0 Å². The van der Waals surface area contributed by atoms with E-state index < -0.39 is 0 Å². The molecule has 1 amide bonds. The van der Waals surface area contributed by atoms with Gasteiger partial charge in [-0.2, -0.15) is 16.9 Å². The van der Waals surface area contributed by atoms with Gasteiger partial charge in [-0.1, -0.05) is 6.92 Å². The Balaban J connectivity index is 2.71. The molecule has 1 aromatic rings. The summed E-state index contributed by atoms with van der Waals surface area (Å²) in [6.07, 6.45) is 2.93. The molecule has 1 aromatic heterocycles. The lowest BCUT2D eigenvalue weighted by Gasteiger charge is -2.15. The normalized spacial score (nSPS) is 12.4. The third-order valence-electron chi connectivity index (χ3n) is 2.40. The predicted molar refractivity (Wildman–Crippen MR) is 67.7 cm³/mol. The maximum absolute atomic E-state index is 11.9. The molecule has 0 spiro atoms. The second kappa shape index (κ2) is 5.79. The van der Waals surface area contributed by atoms with Gasteiger partial charge in [0.15, 0.2) is 5.82 Å². The van der Waals surface area contributed by atoms with Crippen molar-refractivity contribution in [1.82, 2.24) is 15.5 Å². The number of carbonyl (C=O) groups excluding carboxylic acids is 1. The van der Waals surface area contributed by atoms with E-state index in [0.29, 0.717) is 11.3 Å². The molecule has 6 heteroatoms. The van der Waals surface area contributed by atoms with Gasteiger partial charge in [0.1, 0.15) is 5.56 Å². The number of hydrogen-bond donors (Lipinski definition) is 3. The summed E-state index contributed by atoms with van der Waals surface area (Å²) in [7, 11) is 0. The number of aryl methyl sites for hydroxylation is 1. The number of amides is 1. The fourth-order valence-electron chi connectivity index (χ4n) is 1.45. The van der Waals surface area contributed by atoms with Gasteiger partial charge in [-0.05, 0) is 19.6 Å². The number of nitrogens with zero attached hydrogens (tertiary/aromatic N) is 1. The zero-order valence-electron chi connectivity index (χ0n) is 9.83. The van der Waals surface area contributed by atoms with E-state index in [1.807, 2.05) is 13.2 Å². The van der Waals surface area contributed by atoms with E-state index in [0.717, 1.165) is 12.2 Å². The van der Waals surface area contributed by atoms with Crippen molar-refractivity contribution in [1.29, 1.82) is 0 Å². The van der Waals surface area contributed by atoms with Gasteiger partial charge >= 0.3 is 0 Å². The highest BCUT2D eigenvalue weighted by Gasteiger charge is 2.18. The van der Waals surface area contributed by atoms with Gasteiger partial charge in [0.2, 0.25) is 0 Å². The molecule has 1 unspecified atom stereocenters. The van der Waals surface area contributed by atoms with Crippen LogP contribution in [-0.4, -0.2) is 34.2 Å². The van der Waals surface area contributed by atoms with Crippen LogP contribution in [0.4, 0.5) is 5.82 Å². The molecule has 4 N–H and O–H groups in total. The minimum absolute atomic E-state index is 0.148. The Kier molecular flexibility index (Phi) is 4.67. The molecule has 0 radical (unpaired) electrons. The van der Waals surface area contributed by atoms with E-state index in [1.165, 1.54) is 0 Å². The Bertz CT molecular complexity index is 344. The number of aromatic nitrogens is 2. The van der Waals surface area contributed by atoms with Crippen molar-refractivity contribution in [2.75, 3.05) is 17.7 Å². The molecule has 0 bridgehead atoms. The van der Waals surface area contributed by atoms with Crippen LogP contribution in [0.2, 0.25) is 0 Å². The van der Waals surface area contributed by atoms with E-state index in [9.17, 15) is 4.79 Å². The number of hydrogen-bond acceptors (Lipinski definition) is 4. The summed E-state index contributed by atoms with van der Waals surface area (Å²) in [4.78, 5) is 11.9. The summed E-state index contributed by atoms with van der Waals surface area (Å²) in [5, 5.41) is 9.46. The fraction of sp³-hybridized carbons (Fsp3) is 0.600. The van der Waals surface area contributed by atoms with Crippen molar-refractivity contribution < 1.29 is 4.79 Å². The zero-order chi connectivity index (χ0) is 12.1. The van der Waals surface area contributed by atoms with Gasteiger partial charge < -0.3 is 11.1 Å². The summed E-state index contributed by atoms with van der Waals surface area (Å²) in [6.45, 7) is 3.83. The molecule has 1 heterocycles. The first-order valence-corrected chi connectivity index (χ1v) is 6.59. The maximum Gasteiger partial charge on any atom is 0.257 e. The van der Waals surface area contributed by atoms with E-state index in [-0.39, 0.29) is 17.8 Å². The second-order valence-corrected chi connectivity index (χ2v) is 4.55. The van der Waals surface area contributed by atoms with Crippen LogP contribution in [0.25, 0.3) is 0 Å². The average Bonchev–Trinajstić information content (AvgIpc) is 2.57. The number of rotatable bonds is 5. The Morgan fingerprint density at radius 3 is 2.81 bits per heavy atom. The standard InChI is InChI=1S/C10H18N4OS/c1-4-7(5-16-3)12-10(15)8-6(2)13-14-9(8)11/h7H,4-5H2,1-3H3,(H,12,15)(H3,11,13,14). The Hall–Kier alpha value is -1.17. The molecular formula is C10H18N4OS. The first-order valence-electron chi connectivity index (χ1n) is 5.20. The van der Waals surface area contributed by atoms with Gasteiger partial charge in [-0.25, -0.2) is 0 Å². The van der Waals surface area contributed by atoms with Crippen molar-refractivity contribution in [3.8, 4) is 0 Å². The van der Waals surface area contributed by atoms with Crippen LogP contribution in [0, 0.1) is 6.92 Å². The van der Waals surface area contributed by atoms with Crippen LogP contribution >= 0.6 is 11.8 Å². The van der Waals surface area contributed by atoms with Gasteiger partial charge in [0.05, 0.1) is 0 Å². The molecule has 0 saturated heterocycles. The predicted octanol–water partition coefficient (Wildman–Crippen LogP) is 1.17. The number of nitrogen functional groups attached to an aromatic ring is 1. The number of nitrogens with one attached hydrogen (secondary N) is 2. The summed E-state index contributed by atoms with van der Waals surface area (Å²) >= 11 is 1.71. The largest absolute Gasteiger partial charge is 0.382 e. The second-order valence-electron chi connectivity index (χ2n) is 3.64. The quantitative estimate of drug-likeness (QED) is 0.723.